The van der Waals surface area contributed by atoms with E-state index in [-0.39, 0.29) is 0 Å². The van der Waals surface area contributed by atoms with Gasteiger partial charge in [-0.05, 0) is 44.8 Å². The third-order valence-electron chi connectivity index (χ3n) is 2.48. The maximum atomic E-state index is 10.4. The Morgan fingerprint density at radius 2 is 2.17 bits per heavy atom. The van der Waals surface area contributed by atoms with Gasteiger partial charge in [-0.15, -0.1) is 0 Å². The van der Waals surface area contributed by atoms with Crippen molar-refractivity contribution in [2.24, 2.45) is 0 Å². The Hall–Kier alpha value is -1.75. The third-order valence-corrected chi connectivity index (χ3v) is 2.48. The van der Waals surface area contributed by atoms with Crippen LogP contribution in [0.5, 0.6) is 0 Å². The first kappa shape index (κ1) is 14.3. The Morgan fingerprint density at radius 3 is 2.83 bits per heavy atom. The van der Waals surface area contributed by atoms with Crippen molar-refractivity contribution < 1.29 is 9.90 Å². The van der Waals surface area contributed by atoms with Crippen LogP contribution in [0.3, 0.4) is 0 Å². The van der Waals surface area contributed by atoms with E-state index in [2.05, 4.69) is 29.6 Å². The molecule has 1 aromatic rings. The molecule has 1 rings (SSSR count). The largest absolute Gasteiger partial charge is 0.465 e. The molecule has 0 bridgehead atoms. The van der Waals surface area contributed by atoms with Crippen LogP contribution in [-0.4, -0.2) is 43.3 Å². The normalized spacial score (nSPS) is 10.4. The number of nitrogens with one attached hydrogen (secondary N) is 2. The van der Waals surface area contributed by atoms with Crippen molar-refractivity contribution in [1.29, 1.82) is 0 Å². The van der Waals surface area contributed by atoms with Gasteiger partial charge < -0.3 is 20.6 Å². The van der Waals surface area contributed by atoms with Crippen LogP contribution in [0.2, 0.25) is 0 Å². The predicted octanol–water partition coefficient (Wildman–Crippen LogP) is 1.82. The molecule has 0 aliphatic rings. The third kappa shape index (κ3) is 6.10. The second-order valence-corrected chi connectivity index (χ2v) is 4.44. The van der Waals surface area contributed by atoms with Crippen LogP contribution < -0.4 is 10.6 Å². The minimum absolute atomic E-state index is 0.336. The molecule has 5 nitrogen and oxygen atoms in total. The summed E-state index contributed by atoms with van der Waals surface area (Å²) in [6.45, 7) is 2.30. The zero-order valence-corrected chi connectivity index (χ0v) is 10.9. The Balaban J connectivity index is 2.37. The fourth-order valence-electron chi connectivity index (χ4n) is 1.60. The van der Waals surface area contributed by atoms with E-state index < -0.39 is 6.09 Å². The number of amides is 1. The van der Waals surface area contributed by atoms with Crippen LogP contribution in [0.25, 0.3) is 0 Å². The van der Waals surface area contributed by atoms with Gasteiger partial charge in [-0.25, -0.2) is 4.79 Å². The number of nitrogens with zero attached hydrogens (tertiary/aromatic N) is 1. The van der Waals surface area contributed by atoms with Crippen LogP contribution in [0.1, 0.15) is 12.0 Å². The molecule has 3 N–H and O–H groups in total. The highest BCUT2D eigenvalue weighted by molar-refractivity contribution is 5.64. The highest BCUT2D eigenvalue weighted by Crippen LogP contribution is 2.10. The first-order valence-electron chi connectivity index (χ1n) is 6.02. The summed E-state index contributed by atoms with van der Waals surface area (Å²) in [6.07, 6.45) is 0.0734. The molecule has 0 unspecified atom stereocenters. The van der Waals surface area contributed by atoms with Crippen LogP contribution in [-0.2, 0) is 6.54 Å². The van der Waals surface area contributed by atoms with E-state index in [1.54, 1.807) is 0 Å². The summed E-state index contributed by atoms with van der Waals surface area (Å²) < 4.78 is 0. The SMILES string of the molecule is CN(C)CCCNc1cccc(CNC(=O)O)c1. The lowest BCUT2D eigenvalue weighted by Crippen LogP contribution is -2.20. The second kappa shape index (κ2) is 7.55. The molecule has 1 aromatic carbocycles. The summed E-state index contributed by atoms with van der Waals surface area (Å²) in [6, 6.07) is 7.78. The lowest BCUT2D eigenvalue weighted by atomic mass is 10.2. The minimum Gasteiger partial charge on any atom is -0.465 e. The molecule has 0 aromatic heterocycles. The van der Waals surface area contributed by atoms with E-state index in [0.717, 1.165) is 30.8 Å². The lowest BCUT2D eigenvalue weighted by molar-refractivity contribution is 0.194. The van der Waals surface area contributed by atoms with Crippen molar-refractivity contribution in [1.82, 2.24) is 10.2 Å². The number of rotatable bonds is 7. The van der Waals surface area contributed by atoms with E-state index in [9.17, 15) is 4.79 Å². The first-order chi connectivity index (χ1) is 8.58. The number of carboxylic acid groups (broad SMARTS) is 1. The van der Waals surface area contributed by atoms with Gasteiger partial charge in [0, 0.05) is 18.8 Å². The molecule has 0 aliphatic heterocycles. The van der Waals surface area contributed by atoms with Crippen LogP contribution >= 0.6 is 0 Å². The zero-order chi connectivity index (χ0) is 13.4. The summed E-state index contributed by atoms with van der Waals surface area (Å²) in [5.41, 5.74) is 1.98. The molecule has 0 saturated carbocycles. The topological polar surface area (TPSA) is 64.6 Å². The van der Waals surface area contributed by atoms with Gasteiger partial charge in [-0.3, -0.25) is 0 Å². The summed E-state index contributed by atoms with van der Waals surface area (Å²) >= 11 is 0. The van der Waals surface area contributed by atoms with Gasteiger partial charge in [-0.1, -0.05) is 12.1 Å². The van der Waals surface area contributed by atoms with Crippen LogP contribution in [0, 0.1) is 0 Å². The standard InChI is InChI=1S/C13H21N3O2/c1-16(2)8-4-7-14-12-6-3-5-11(9-12)10-15-13(17)18/h3,5-6,9,14-15H,4,7-8,10H2,1-2H3,(H,17,18). The fraction of sp³-hybridized carbons (Fsp3) is 0.462. The van der Waals surface area contributed by atoms with Crippen molar-refractivity contribution in [3.05, 3.63) is 29.8 Å². The minimum atomic E-state index is -1.00. The summed E-state index contributed by atoms with van der Waals surface area (Å²) in [7, 11) is 4.11. The molecule has 0 aliphatic carbocycles. The molecule has 0 heterocycles. The molecule has 5 heteroatoms. The van der Waals surface area contributed by atoms with Crippen molar-refractivity contribution in [2.75, 3.05) is 32.5 Å². The molecule has 0 saturated heterocycles. The lowest BCUT2D eigenvalue weighted by Gasteiger charge is -2.11. The molecule has 0 radical (unpaired) electrons. The Bertz CT molecular complexity index is 380. The van der Waals surface area contributed by atoms with E-state index in [1.807, 2.05) is 24.3 Å². The smallest absolute Gasteiger partial charge is 0.404 e. The van der Waals surface area contributed by atoms with Gasteiger partial charge >= 0.3 is 6.09 Å². The highest BCUT2D eigenvalue weighted by Gasteiger charge is 1.98. The second-order valence-electron chi connectivity index (χ2n) is 4.44. The Morgan fingerprint density at radius 1 is 1.39 bits per heavy atom. The summed E-state index contributed by atoms with van der Waals surface area (Å²) in [5, 5.41) is 14.2. The fourth-order valence-corrected chi connectivity index (χ4v) is 1.60. The van der Waals surface area contributed by atoms with Crippen LogP contribution in [0.4, 0.5) is 10.5 Å². The number of hydrogen-bond acceptors (Lipinski definition) is 3. The van der Waals surface area contributed by atoms with Gasteiger partial charge in [0.05, 0.1) is 0 Å². The molecule has 0 atom stereocenters. The van der Waals surface area contributed by atoms with Gasteiger partial charge in [0.25, 0.3) is 0 Å². The highest BCUT2D eigenvalue weighted by atomic mass is 16.4. The van der Waals surface area contributed by atoms with Gasteiger partial charge in [0.15, 0.2) is 0 Å². The monoisotopic (exact) mass is 251 g/mol. The average molecular weight is 251 g/mol. The summed E-state index contributed by atoms with van der Waals surface area (Å²) in [5.74, 6) is 0. The van der Waals surface area contributed by atoms with E-state index >= 15 is 0 Å². The Labute approximate surface area is 108 Å². The average Bonchev–Trinajstić information content (AvgIpc) is 2.32. The summed E-state index contributed by atoms with van der Waals surface area (Å²) in [4.78, 5) is 12.5. The van der Waals surface area contributed by atoms with Crippen molar-refractivity contribution in [3.8, 4) is 0 Å². The zero-order valence-electron chi connectivity index (χ0n) is 10.9. The molecule has 0 spiro atoms. The molecule has 100 valence electrons. The molecule has 18 heavy (non-hydrogen) atoms. The predicted molar refractivity (Wildman–Crippen MR) is 73.0 cm³/mol. The number of benzene rings is 1. The maximum Gasteiger partial charge on any atom is 0.404 e. The number of carbonyl (C=O) groups is 1. The maximum absolute atomic E-state index is 10.4. The van der Waals surface area contributed by atoms with Gasteiger partial charge in [0.2, 0.25) is 0 Å². The van der Waals surface area contributed by atoms with Crippen molar-refractivity contribution >= 4 is 11.8 Å². The molecular formula is C13H21N3O2. The Kier molecular flexibility index (Phi) is 6.00. The van der Waals surface area contributed by atoms with Crippen LogP contribution in [0.15, 0.2) is 24.3 Å². The van der Waals surface area contributed by atoms with Crippen molar-refractivity contribution in [2.45, 2.75) is 13.0 Å². The van der Waals surface area contributed by atoms with Gasteiger partial charge in [-0.2, -0.15) is 0 Å². The quantitative estimate of drug-likeness (QED) is 0.647. The number of anilines is 1. The van der Waals surface area contributed by atoms with Crippen molar-refractivity contribution in [3.63, 3.8) is 0 Å². The van der Waals surface area contributed by atoms with E-state index in [1.165, 1.54) is 0 Å². The molecular weight excluding hydrogens is 230 g/mol. The first-order valence-corrected chi connectivity index (χ1v) is 6.02. The van der Waals surface area contributed by atoms with E-state index in [4.69, 9.17) is 5.11 Å². The van der Waals surface area contributed by atoms with Gasteiger partial charge in [0.1, 0.15) is 0 Å². The number of hydrogen-bond donors (Lipinski definition) is 3. The molecule has 0 fully saturated rings. The molecule has 1 amide bonds. The van der Waals surface area contributed by atoms with E-state index in [0.29, 0.717) is 6.54 Å².